The molecule has 152 valence electrons. The van der Waals surface area contributed by atoms with E-state index in [-0.39, 0.29) is 29.9 Å². The molecule has 2 heterocycles. The average Bonchev–Trinajstić information content (AvgIpc) is 3.31. The Morgan fingerprint density at radius 1 is 1.26 bits per heavy atom. The number of hydrogen-bond donors (Lipinski definition) is 2. The first-order valence-electron chi connectivity index (χ1n) is 9.06. The summed E-state index contributed by atoms with van der Waals surface area (Å²) in [6, 6.07) is 3.76. The Labute approximate surface area is 177 Å². The van der Waals surface area contributed by atoms with Gasteiger partial charge in [0, 0.05) is 39.1 Å². The van der Waals surface area contributed by atoms with Crippen LogP contribution in [0.3, 0.4) is 0 Å². The van der Waals surface area contributed by atoms with E-state index in [1.165, 1.54) is 0 Å². The normalized spacial score (nSPS) is 11.5. The van der Waals surface area contributed by atoms with E-state index >= 15 is 0 Å². The molecule has 0 bridgehead atoms. The molecule has 0 aliphatic carbocycles. The number of nitrogens with one attached hydrogen (secondary N) is 2. The van der Waals surface area contributed by atoms with Crippen molar-refractivity contribution in [2.45, 2.75) is 45.6 Å². The van der Waals surface area contributed by atoms with Gasteiger partial charge in [0.2, 0.25) is 5.89 Å². The van der Waals surface area contributed by atoms with Gasteiger partial charge >= 0.3 is 0 Å². The van der Waals surface area contributed by atoms with Crippen molar-refractivity contribution in [2.24, 2.45) is 4.99 Å². The molecule has 0 spiro atoms. The molecule has 0 atom stereocenters. The third kappa shape index (κ3) is 9.23. The number of guanidine groups is 1. The number of ether oxygens (including phenoxy) is 1. The van der Waals surface area contributed by atoms with Gasteiger partial charge in [-0.15, -0.1) is 24.0 Å². The quantitative estimate of drug-likeness (QED) is 0.216. The molecular formula is C18H30IN5O3. The molecule has 0 aliphatic rings. The molecule has 9 heteroatoms. The third-order valence-corrected chi connectivity index (χ3v) is 3.67. The van der Waals surface area contributed by atoms with Gasteiger partial charge in [0.05, 0.1) is 6.26 Å². The molecule has 0 unspecified atom stereocenters. The van der Waals surface area contributed by atoms with Crippen LogP contribution >= 0.6 is 24.0 Å². The molecule has 2 rings (SSSR count). The number of hydrogen-bond acceptors (Lipinski definition) is 6. The summed E-state index contributed by atoms with van der Waals surface area (Å²) < 4.78 is 16.0. The highest BCUT2D eigenvalue weighted by atomic mass is 127. The monoisotopic (exact) mass is 491 g/mol. The molecular weight excluding hydrogens is 461 g/mol. The van der Waals surface area contributed by atoms with Gasteiger partial charge in [-0.25, -0.2) is 0 Å². The molecule has 8 nitrogen and oxygen atoms in total. The molecule has 0 fully saturated rings. The van der Waals surface area contributed by atoms with Crippen LogP contribution in [0.4, 0.5) is 0 Å². The first-order chi connectivity index (χ1) is 12.7. The average molecular weight is 491 g/mol. The molecule has 0 saturated carbocycles. The highest BCUT2D eigenvalue weighted by Crippen LogP contribution is 2.10. The predicted molar refractivity (Wildman–Crippen MR) is 114 cm³/mol. The van der Waals surface area contributed by atoms with Gasteiger partial charge in [-0.05, 0) is 25.0 Å². The molecule has 2 aromatic heterocycles. The second-order valence-electron chi connectivity index (χ2n) is 6.22. The summed E-state index contributed by atoms with van der Waals surface area (Å²) >= 11 is 0. The van der Waals surface area contributed by atoms with Crippen LogP contribution in [-0.4, -0.2) is 42.8 Å². The lowest BCUT2D eigenvalue weighted by molar-refractivity contribution is 0.105. The van der Waals surface area contributed by atoms with Gasteiger partial charge in [0.1, 0.15) is 12.4 Å². The fourth-order valence-electron chi connectivity index (χ4n) is 2.22. The predicted octanol–water partition coefficient (Wildman–Crippen LogP) is 3.11. The Bertz CT molecular complexity index is 643. The number of furan rings is 1. The van der Waals surface area contributed by atoms with Crippen LogP contribution in [0.5, 0.6) is 0 Å². The fraction of sp³-hybridized carbons (Fsp3) is 0.611. The second-order valence-corrected chi connectivity index (χ2v) is 6.22. The van der Waals surface area contributed by atoms with E-state index in [9.17, 15) is 0 Å². The van der Waals surface area contributed by atoms with Crippen LogP contribution in [0.25, 0.3) is 0 Å². The summed E-state index contributed by atoms with van der Waals surface area (Å²) in [6.07, 6.45) is 4.19. The first-order valence-corrected chi connectivity index (χ1v) is 9.06. The van der Waals surface area contributed by atoms with Crippen molar-refractivity contribution in [3.63, 3.8) is 0 Å². The first kappa shape index (κ1) is 23.4. The third-order valence-electron chi connectivity index (χ3n) is 3.67. The van der Waals surface area contributed by atoms with Crippen LogP contribution in [0.1, 0.15) is 50.1 Å². The zero-order valence-corrected chi connectivity index (χ0v) is 18.6. The van der Waals surface area contributed by atoms with E-state index in [1.54, 1.807) is 13.3 Å². The summed E-state index contributed by atoms with van der Waals surface area (Å²) in [5, 5.41) is 10.5. The molecule has 0 aliphatic heterocycles. The Hall–Kier alpha value is -1.62. The summed E-state index contributed by atoms with van der Waals surface area (Å²) in [4.78, 5) is 8.58. The molecule has 27 heavy (non-hydrogen) atoms. The number of rotatable bonds is 11. The van der Waals surface area contributed by atoms with Crippen molar-refractivity contribution in [3.05, 3.63) is 35.9 Å². The lowest BCUT2D eigenvalue weighted by atomic mass is 10.2. The molecule has 0 radical (unpaired) electrons. The topological polar surface area (TPSA) is 97.7 Å². The van der Waals surface area contributed by atoms with Crippen molar-refractivity contribution >= 4 is 29.9 Å². The van der Waals surface area contributed by atoms with Crippen LogP contribution in [0, 0.1) is 0 Å². The Morgan fingerprint density at radius 3 is 2.67 bits per heavy atom. The minimum atomic E-state index is 0. The van der Waals surface area contributed by atoms with Crippen molar-refractivity contribution in [2.75, 3.05) is 26.7 Å². The summed E-state index contributed by atoms with van der Waals surface area (Å²) in [6.45, 7) is 6.85. The van der Waals surface area contributed by atoms with Crippen molar-refractivity contribution in [1.82, 2.24) is 20.8 Å². The summed E-state index contributed by atoms with van der Waals surface area (Å²) in [7, 11) is 1.76. The minimum absolute atomic E-state index is 0. The van der Waals surface area contributed by atoms with Gasteiger partial charge in [0.15, 0.2) is 11.8 Å². The summed E-state index contributed by atoms with van der Waals surface area (Å²) in [5.74, 6) is 3.37. The Morgan fingerprint density at radius 2 is 2.04 bits per heavy atom. The highest BCUT2D eigenvalue weighted by Gasteiger charge is 2.09. The standard InChI is InChI=1S/C18H29N5O3.HI/c1-14(2)17-22-16(26-23-17)8-4-9-20-18(19-3)21-10-6-11-24-13-15-7-5-12-25-15;/h5,7,12,14H,4,6,8-11,13H2,1-3H3,(H2,19,20,21);1H. The second kappa shape index (κ2) is 13.5. The van der Waals surface area contributed by atoms with Crippen molar-refractivity contribution in [1.29, 1.82) is 0 Å². The Balaban J connectivity index is 0.00000364. The van der Waals surface area contributed by atoms with Gasteiger partial charge in [0.25, 0.3) is 0 Å². The number of nitrogens with zero attached hydrogens (tertiary/aromatic N) is 3. The SMILES string of the molecule is CN=C(NCCCOCc1ccco1)NCCCc1nc(C(C)C)no1.I. The number of aromatic nitrogens is 2. The lowest BCUT2D eigenvalue weighted by Gasteiger charge is -2.11. The smallest absolute Gasteiger partial charge is 0.226 e. The molecule has 0 saturated heterocycles. The molecule has 0 amide bonds. The fourth-order valence-corrected chi connectivity index (χ4v) is 2.22. The highest BCUT2D eigenvalue weighted by molar-refractivity contribution is 14.0. The lowest BCUT2D eigenvalue weighted by Crippen LogP contribution is -2.38. The van der Waals surface area contributed by atoms with Crippen molar-refractivity contribution in [3.8, 4) is 0 Å². The largest absolute Gasteiger partial charge is 0.467 e. The van der Waals surface area contributed by atoms with Gasteiger partial charge < -0.3 is 24.3 Å². The van der Waals surface area contributed by atoms with Gasteiger partial charge in [-0.3, -0.25) is 4.99 Å². The summed E-state index contributed by atoms with van der Waals surface area (Å²) in [5.41, 5.74) is 0. The van der Waals surface area contributed by atoms with E-state index in [0.29, 0.717) is 19.1 Å². The van der Waals surface area contributed by atoms with Crippen LogP contribution in [-0.2, 0) is 17.8 Å². The van der Waals surface area contributed by atoms with Crippen LogP contribution < -0.4 is 10.6 Å². The van der Waals surface area contributed by atoms with E-state index in [1.807, 2.05) is 26.0 Å². The van der Waals surface area contributed by atoms with Gasteiger partial charge in [-0.1, -0.05) is 19.0 Å². The van der Waals surface area contributed by atoms with E-state index in [2.05, 4.69) is 25.8 Å². The van der Waals surface area contributed by atoms with Gasteiger partial charge in [-0.2, -0.15) is 4.98 Å². The molecule has 0 aromatic carbocycles. The zero-order valence-electron chi connectivity index (χ0n) is 16.2. The minimum Gasteiger partial charge on any atom is -0.467 e. The maximum Gasteiger partial charge on any atom is 0.226 e. The zero-order chi connectivity index (χ0) is 18.6. The van der Waals surface area contributed by atoms with Crippen LogP contribution in [0.15, 0.2) is 32.3 Å². The molecule has 2 N–H and O–H groups in total. The number of aryl methyl sites for hydroxylation is 1. The maximum absolute atomic E-state index is 5.54. The molecule has 2 aromatic rings. The maximum atomic E-state index is 5.54. The number of aliphatic imine (C=N–C) groups is 1. The van der Waals surface area contributed by atoms with E-state index < -0.39 is 0 Å². The van der Waals surface area contributed by atoms with Crippen LogP contribution in [0.2, 0.25) is 0 Å². The number of halogens is 1. The van der Waals surface area contributed by atoms with E-state index in [0.717, 1.165) is 49.9 Å². The van der Waals surface area contributed by atoms with E-state index in [4.69, 9.17) is 13.7 Å². The van der Waals surface area contributed by atoms with Crippen molar-refractivity contribution < 1.29 is 13.7 Å². The Kier molecular flexibility index (Phi) is 11.7.